The first kappa shape index (κ1) is 17.0. The smallest absolute Gasteiger partial charge is 0.255 e. The number of nitrogens with one attached hydrogen (secondary N) is 2. The molecule has 24 heavy (non-hydrogen) atoms. The zero-order chi connectivity index (χ0) is 16.8. The molecule has 2 aliphatic rings. The molecule has 3 rings (SSSR count). The lowest BCUT2D eigenvalue weighted by Crippen LogP contribution is -2.36. The minimum Gasteiger partial charge on any atom is -0.339 e. The monoisotopic (exact) mass is 329 g/mol. The zero-order valence-corrected chi connectivity index (χ0v) is 14.2. The molecule has 0 saturated carbocycles. The molecule has 2 amide bonds. The van der Waals surface area contributed by atoms with Gasteiger partial charge in [0.05, 0.1) is 11.3 Å². The second-order valence-electron chi connectivity index (χ2n) is 6.84. The van der Waals surface area contributed by atoms with Crippen molar-refractivity contribution < 1.29 is 9.59 Å². The lowest BCUT2D eigenvalue weighted by atomic mass is 10.0. The average molecular weight is 329 g/mol. The predicted molar refractivity (Wildman–Crippen MR) is 95.0 cm³/mol. The van der Waals surface area contributed by atoms with Crippen LogP contribution in [0.25, 0.3) is 0 Å². The van der Waals surface area contributed by atoms with Crippen LogP contribution in [-0.4, -0.2) is 42.9 Å². The number of carbonyl (C=O) groups is 2. The highest BCUT2D eigenvalue weighted by Gasteiger charge is 2.21. The molecule has 2 heterocycles. The number of nitrogens with zero attached hydrogens (tertiary/aromatic N) is 1. The summed E-state index contributed by atoms with van der Waals surface area (Å²) in [6.07, 6.45) is 5.89. The van der Waals surface area contributed by atoms with E-state index in [-0.39, 0.29) is 11.8 Å². The number of likely N-dealkylation sites (tertiary alicyclic amines) is 1. The quantitative estimate of drug-likeness (QED) is 0.873. The van der Waals surface area contributed by atoms with Crippen LogP contribution in [0.5, 0.6) is 0 Å². The van der Waals surface area contributed by atoms with E-state index in [1.165, 1.54) is 6.42 Å². The van der Waals surface area contributed by atoms with Crippen LogP contribution in [0.2, 0.25) is 0 Å². The Kier molecular flexibility index (Phi) is 5.86. The van der Waals surface area contributed by atoms with E-state index in [0.29, 0.717) is 23.6 Å². The molecule has 0 spiro atoms. The molecule has 1 atom stereocenters. The molecule has 2 fully saturated rings. The minimum atomic E-state index is 0.000735. The molecule has 0 bridgehead atoms. The molecule has 2 N–H and O–H groups in total. The lowest BCUT2D eigenvalue weighted by molar-refractivity contribution is -0.116. The summed E-state index contributed by atoms with van der Waals surface area (Å²) in [4.78, 5) is 26.9. The summed E-state index contributed by atoms with van der Waals surface area (Å²) in [6, 6.07) is 7.36. The Morgan fingerprint density at radius 3 is 2.71 bits per heavy atom. The van der Waals surface area contributed by atoms with Crippen molar-refractivity contribution in [3.63, 3.8) is 0 Å². The highest BCUT2D eigenvalue weighted by atomic mass is 16.2. The van der Waals surface area contributed by atoms with Crippen LogP contribution in [-0.2, 0) is 4.79 Å². The Hall–Kier alpha value is -1.88. The summed E-state index contributed by atoms with van der Waals surface area (Å²) in [5.74, 6) is 0.632. The molecule has 5 nitrogen and oxygen atoms in total. The molecule has 2 saturated heterocycles. The van der Waals surface area contributed by atoms with Gasteiger partial charge in [0.1, 0.15) is 0 Å². The maximum atomic E-state index is 12.7. The molecule has 0 aliphatic carbocycles. The van der Waals surface area contributed by atoms with Gasteiger partial charge in [0.2, 0.25) is 5.91 Å². The van der Waals surface area contributed by atoms with Gasteiger partial charge >= 0.3 is 0 Å². The van der Waals surface area contributed by atoms with Gasteiger partial charge in [0, 0.05) is 19.5 Å². The van der Waals surface area contributed by atoms with Crippen molar-refractivity contribution in [2.75, 3.05) is 31.5 Å². The number of benzene rings is 1. The van der Waals surface area contributed by atoms with E-state index in [1.807, 2.05) is 29.2 Å². The number of anilines is 1. The first-order chi connectivity index (χ1) is 11.7. The third-order valence-electron chi connectivity index (χ3n) is 5.02. The molecule has 0 aromatic heterocycles. The number of hydrogen-bond acceptors (Lipinski definition) is 3. The Morgan fingerprint density at radius 1 is 1.17 bits per heavy atom. The van der Waals surface area contributed by atoms with Crippen LogP contribution in [0.4, 0.5) is 5.69 Å². The van der Waals surface area contributed by atoms with Gasteiger partial charge in [-0.1, -0.05) is 12.1 Å². The highest BCUT2D eigenvalue weighted by Crippen LogP contribution is 2.21. The summed E-state index contributed by atoms with van der Waals surface area (Å²) in [5.41, 5.74) is 1.25. The number of amides is 2. The van der Waals surface area contributed by atoms with Crippen LogP contribution in [0, 0.1) is 5.92 Å². The van der Waals surface area contributed by atoms with Crippen LogP contribution in [0.3, 0.4) is 0 Å². The SMILES string of the molecule is O=C(CCC1CCNC1)Nc1ccccc1C(=O)N1CCCCC1. The van der Waals surface area contributed by atoms with Gasteiger partial charge < -0.3 is 15.5 Å². The third-order valence-corrected chi connectivity index (χ3v) is 5.02. The van der Waals surface area contributed by atoms with E-state index in [4.69, 9.17) is 0 Å². The van der Waals surface area contributed by atoms with E-state index in [1.54, 1.807) is 0 Å². The van der Waals surface area contributed by atoms with Crippen LogP contribution in [0.1, 0.15) is 48.9 Å². The van der Waals surface area contributed by atoms with Gasteiger partial charge in [-0.3, -0.25) is 9.59 Å². The van der Waals surface area contributed by atoms with E-state index in [9.17, 15) is 9.59 Å². The maximum Gasteiger partial charge on any atom is 0.255 e. The fraction of sp³-hybridized carbons (Fsp3) is 0.579. The molecular weight excluding hydrogens is 302 g/mol. The summed E-state index contributed by atoms with van der Waals surface area (Å²) in [7, 11) is 0. The van der Waals surface area contributed by atoms with Crippen molar-refractivity contribution in [2.45, 2.75) is 38.5 Å². The normalized spacial score (nSPS) is 20.8. The summed E-state index contributed by atoms with van der Waals surface area (Å²) >= 11 is 0. The summed E-state index contributed by atoms with van der Waals surface area (Å²) < 4.78 is 0. The molecule has 1 aromatic rings. The molecule has 5 heteroatoms. The van der Waals surface area contributed by atoms with Gasteiger partial charge in [0.25, 0.3) is 5.91 Å². The molecule has 1 unspecified atom stereocenters. The first-order valence-electron chi connectivity index (χ1n) is 9.13. The number of rotatable bonds is 5. The van der Waals surface area contributed by atoms with Crippen molar-refractivity contribution in [3.05, 3.63) is 29.8 Å². The second kappa shape index (κ2) is 8.29. The van der Waals surface area contributed by atoms with E-state index in [2.05, 4.69) is 10.6 Å². The van der Waals surface area contributed by atoms with Crippen molar-refractivity contribution in [2.24, 2.45) is 5.92 Å². The standard InChI is InChI=1S/C19H27N3O2/c23-18(9-8-15-10-11-20-14-15)21-17-7-3-2-6-16(17)19(24)22-12-4-1-5-13-22/h2-3,6-7,15,20H,1,4-5,8-14H2,(H,21,23). The van der Waals surface area contributed by atoms with Gasteiger partial charge in [0.15, 0.2) is 0 Å². The summed E-state index contributed by atoms with van der Waals surface area (Å²) in [5, 5.41) is 6.27. The largest absolute Gasteiger partial charge is 0.339 e. The average Bonchev–Trinajstić information content (AvgIpc) is 3.14. The van der Waals surface area contributed by atoms with Gasteiger partial charge in [-0.15, -0.1) is 0 Å². The number of hydrogen-bond donors (Lipinski definition) is 2. The Bertz CT molecular complexity index is 576. The van der Waals surface area contributed by atoms with Crippen molar-refractivity contribution in [1.82, 2.24) is 10.2 Å². The molecular formula is C19H27N3O2. The van der Waals surface area contributed by atoms with E-state index < -0.39 is 0 Å². The number of carbonyl (C=O) groups excluding carboxylic acids is 2. The highest BCUT2D eigenvalue weighted by molar-refractivity contribution is 6.03. The zero-order valence-electron chi connectivity index (χ0n) is 14.2. The lowest BCUT2D eigenvalue weighted by Gasteiger charge is -2.27. The molecule has 130 valence electrons. The topological polar surface area (TPSA) is 61.4 Å². The number of piperidine rings is 1. The second-order valence-corrected chi connectivity index (χ2v) is 6.84. The minimum absolute atomic E-state index is 0.000735. The Morgan fingerprint density at radius 2 is 1.96 bits per heavy atom. The van der Waals surface area contributed by atoms with Gasteiger partial charge in [-0.2, -0.15) is 0 Å². The summed E-state index contributed by atoms with van der Waals surface area (Å²) in [6.45, 7) is 3.70. The van der Waals surface area contributed by atoms with Crippen molar-refractivity contribution in [3.8, 4) is 0 Å². The number of para-hydroxylation sites is 1. The van der Waals surface area contributed by atoms with Crippen LogP contribution in [0.15, 0.2) is 24.3 Å². The van der Waals surface area contributed by atoms with Crippen LogP contribution >= 0.6 is 0 Å². The molecule has 2 aliphatic heterocycles. The fourth-order valence-electron chi connectivity index (χ4n) is 3.55. The van der Waals surface area contributed by atoms with Crippen molar-refractivity contribution >= 4 is 17.5 Å². The molecule has 1 aromatic carbocycles. The maximum absolute atomic E-state index is 12.7. The van der Waals surface area contributed by atoms with Gasteiger partial charge in [-0.25, -0.2) is 0 Å². The predicted octanol–water partition coefficient (Wildman–Crippen LogP) is 2.64. The molecule has 0 radical (unpaired) electrons. The van der Waals surface area contributed by atoms with Crippen molar-refractivity contribution in [1.29, 1.82) is 0 Å². The third kappa shape index (κ3) is 4.35. The fourth-order valence-corrected chi connectivity index (χ4v) is 3.55. The van der Waals surface area contributed by atoms with Crippen LogP contribution < -0.4 is 10.6 Å². The first-order valence-corrected chi connectivity index (χ1v) is 9.13. The van der Waals surface area contributed by atoms with E-state index in [0.717, 1.165) is 51.9 Å². The Labute approximate surface area is 143 Å². The van der Waals surface area contributed by atoms with E-state index >= 15 is 0 Å². The van der Waals surface area contributed by atoms with Gasteiger partial charge in [-0.05, 0) is 63.2 Å². The Balaban J connectivity index is 1.60.